The van der Waals surface area contributed by atoms with Crippen molar-refractivity contribution in [1.82, 2.24) is 4.67 Å². The SMILES string of the molecule is CCC[C@H](C(=O)O)N1CCCOP1(=O)c1ccc(Oc2ccc(Cl)cc2)cc1. The number of ether oxygens (including phenoxy) is 1. The number of carbonyl (C=O) groups is 1. The highest BCUT2D eigenvalue weighted by Gasteiger charge is 2.43. The van der Waals surface area contributed by atoms with Crippen molar-refractivity contribution in [3.8, 4) is 11.5 Å². The number of carboxylic acids is 1. The van der Waals surface area contributed by atoms with Crippen LogP contribution >= 0.6 is 19.1 Å². The number of hydrogen-bond donors (Lipinski definition) is 1. The van der Waals surface area contributed by atoms with E-state index in [1.54, 1.807) is 48.5 Å². The molecular weight excluding hydrogens is 401 g/mol. The van der Waals surface area contributed by atoms with Crippen LogP contribution in [0.25, 0.3) is 0 Å². The normalized spacial score (nSPS) is 21.2. The van der Waals surface area contributed by atoms with Crippen LogP contribution < -0.4 is 10.0 Å². The number of benzene rings is 2. The smallest absolute Gasteiger partial charge is 0.321 e. The molecule has 1 N–H and O–H groups in total. The van der Waals surface area contributed by atoms with Gasteiger partial charge in [0.25, 0.3) is 0 Å². The number of carboxylic acid groups (broad SMARTS) is 1. The van der Waals surface area contributed by atoms with Gasteiger partial charge in [-0.1, -0.05) is 24.9 Å². The lowest BCUT2D eigenvalue weighted by atomic mass is 10.1. The molecule has 3 rings (SSSR count). The summed E-state index contributed by atoms with van der Waals surface area (Å²) in [5.74, 6) is 0.230. The lowest BCUT2D eigenvalue weighted by Gasteiger charge is -2.38. The quantitative estimate of drug-likeness (QED) is 0.636. The van der Waals surface area contributed by atoms with Crippen LogP contribution in [0.5, 0.6) is 11.5 Å². The molecule has 0 aromatic heterocycles. The minimum absolute atomic E-state index is 0.343. The Balaban J connectivity index is 1.84. The highest BCUT2D eigenvalue weighted by atomic mass is 35.5. The molecule has 0 saturated carbocycles. The number of halogens is 1. The molecule has 28 heavy (non-hydrogen) atoms. The fourth-order valence-corrected chi connectivity index (χ4v) is 5.81. The lowest BCUT2D eigenvalue weighted by molar-refractivity contribution is -0.142. The fraction of sp³-hybridized carbons (Fsp3) is 0.350. The third-order valence-corrected chi connectivity index (χ3v) is 7.45. The van der Waals surface area contributed by atoms with Gasteiger partial charge < -0.3 is 14.4 Å². The predicted octanol–water partition coefficient (Wildman–Crippen LogP) is 4.93. The number of hydrogen-bond acceptors (Lipinski definition) is 4. The van der Waals surface area contributed by atoms with Crippen LogP contribution in [0.2, 0.25) is 5.02 Å². The molecule has 0 bridgehead atoms. The minimum Gasteiger partial charge on any atom is -0.480 e. The molecule has 0 radical (unpaired) electrons. The van der Waals surface area contributed by atoms with Crippen LogP contribution in [0.3, 0.4) is 0 Å². The van der Waals surface area contributed by atoms with E-state index in [0.29, 0.717) is 54.2 Å². The van der Waals surface area contributed by atoms with Crippen LogP contribution in [0.15, 0.2) is 48.5 Å². The highest BCUT2D eigenvalue weighted by molar-refractivity contribution is 7.64. The van der Waals surface area contributed by atoms with Gasteiger partial charge in [-0.25, -0.2) is 4.67 Å². The Bertz CT molecular complexity index is 856. The largest absolute Gasteiger partial charge is 0.480 e. The number of aliphatic carboxylic acids is 1. The predicted molar refractivity (Wildman–Crippen MR) is 109 cm³/mol. The second-order valence-corrected chi connectivity index (χ2v) is 9.33. The van der Waals surface area contributed by atoms with E-state index in [1.807, 2.05) is 6.92 Å². The molecule has 1 unspecified atom stereocenters. The zero-order valence-corrected chi connectivity index (χ0v) is 17.2. The van der Waals surface area contributed by atoms with Crippen molar-refractivity contribution in [2.45, 2.75) is 32.2 Å². The van der Waals surface area contributed by atoms with Gasteiger partial charge in [0.15, 0.2) is 0 Å². The Labute approximate surface area is 169 Å². The van der Waals surface area contributed by atoms with Crippen LogP contribution in [-0.2, 0) is 13.9 Å². The van der Waals surface area contributed by atoms with Crippen molar-refractivity contribution >= 4 is 30.4 Å². The molecule has 1 aliphatic rings. The second kappa shape index (κ2) is 9.10. The first kappa shape index (κ1) is 20.9. The summed E-state index contributed by atoms with van der Waals surface area (Å²) >= 11 is 5.87. The van der Waals surface area contributed by atoms with E-state index >= 15 is 0 Å². The van der Waals surface area contributed by atoms with Crippen molar-refractivity contribution < 1.29 is 23.7 Å². The Morgan fingerprint density at radius 3 is 2.39 bits per heavy atom. The fourth-order valence-electron chi connectivity index (χ4n) is 3.20. The van der Waals surface area contributed by atoms with E-state index in [-0.39, 0.29) is 0 Å². The highest BCUT2D eigenvalue weighted by Crippen LogP contribution is 2.54. The zero-order chi connectivity index (χ0) is 20.1. The van der Waals surface area contributed by atoms with Gasteiger partial charge in [-0.05, 0) is 61.4 Å². The van der Waals surface area contributed by atoms with E-state index in [2.05, 4.69) is 0 Å². The van der Waals surface area contributed by atoms with Gasteiger partial charge in [0.05, 0.1) is 11.9 Å². The van der Waals surface area contributed by atoms with Crippen molar-refractivity contribution in [3.63, 3.8) is 0 Å². The zero-order valence-electron chi connectivity index (χ0n) is 15.6. The van der Waals surface area contributed by atoms with Crippen LogP contribution in [0.4, 0.5) is 0 Å². The van der Waals surface area contributed by atoms with Gasteiger partial charge in [0, 0.05) is 11.6 Å². The molecule has 6 nitrogen and oxygen atoms in total. The third-order valence-electron chi connectivity index (χ3n) is 4.56. The van der Waals surface area contributed by atoms with Gasteiger partial charge in [0.1, 0.15) is 17.5 Å². The van der Waals surface area contributed by atoms with Gasteiger partial charge in [0.2, 0.25) is 0 Å². The van der Waals surface area contributed by atoms with Crippen molar-refractivity contribution in [2.24, 2.45) is 0 Å². The summed E-state index contributed by atoms with van der Waals surface area (Å²) in [5.41, 5.74) is 0. The average Bonchev–Trinajstić information content (AvgIpc) is 2.69. The summed E-state index contributed by atoms with van der Waals surface area (Å²) in [6, 6.07) is 12.9. The number of rotatable bonds is 7. The molecule has 1 aliphatic heterocycles. The van der Waals surface area contributed by atoms with Crippen molar-refractivity contribution in [1.29, 1.82) is 0 Å². The third kappa shape index (κ3) is 4.58. The molecule has 1 heterocycles. The molecule has 1 fully saturated rings. The monoisotopic (exact) mass is 423 g/mol. The molecule has 1 saturated heterocycles. The molecule has 2 aromatic rings. The first-order valence-corrected chi connectivity index (χ1v) is 11.2. The Morgan fingerprint density at radius 1 is 1.21 bits per heavy atom. The maximum absolute atomic E-state index is 13.7. The Morgan fingerprint density at radius 2 is 1.82 bits per heavy atom. The summed E-state index contributed by atoms with van der Waals surface area (Å²) in [4.78, 5) is 11.7. The van der Waals surface area contributed by atoms with Gasteiger partial charge in [-0.3, -0.25) is 9.36 Å². The number of nitrogens with zero attached hydrogens (tertiary/aromatic N) is 1. The Hall–Kier alpha value is -1.85. The van der Waals surface area contributed by atoms with Crippen molar-refractivity contribution in [3.05, 3.63) is 53.6 Å². The lowest BCUT2D eigenvalue weighted by Crippen LogP contribution is -2.44. The maximum Gasteiger partial charge on any atom is 0.321 e. The van der Waals surface area contributed by atoms with Crippen LogP contribution in [0.1, 0.15) is 26.2 Å². The second-order valence-electron chi connectivity index (χ2n) is 6.56. The summed E-state index contributed by atoms with van der Waals surface area (Å²) in [6.07, 6.45) is 1.75. The van der Waals surface area contributed by atoms with E-state index < -0.39 is 19.5 Å². The molecule has 8 heteroatoms. The van der Waals surface area contributed by atoms with Gasteiger partial charge in [-0.2, -0.15) is 0 Å². The topological polar surface area (TPSA) is 76.1 Å². The standard InChI is InChI=1S/C20H23ClNO5P/c1-2-4-19(20(23)24)22-13-3-14-26-28(22,25)18-11-9-17(10-12-18)27-16-7-5-15(21)6-8-16/h5-12,19H,2-4,13-14H2,1H3,(H,23,24)/t19-,28?/m1/s1. The molecule has 2 aromatic carbocycles. The summed E-state index contributed by atoms with van der Waals surface area (Å²) in [6.45, 7) is 2.68. The average molecular weight is 424 g/mol. The first-order valence-electron chi connectivity index (χ1n) is 9.22. The minimum atomic E-state index is -3.45. The van der Waals surface area contributed by atoms with E-state index in [0.717, 1.165) is 0 Å². The van der Waals surface area contributed by atoms with Crippen LogP contribution in [-0.4, -0.2) is 34.9 Å². The van der Waals surface area contributed by atoms with E-state index in [4.69, 9.17) is 20.9 Å². The van der Waals surface area contributed by atoms with Crippen molar-refractivity contribution in [2.75, 3.05) is 13.2 Å². The maximum atomic E-state index is 13.7. The first-order chi connectivity index (χ1) is 13.4. The molecular formula is C20H23ClNO5P. The van der Waals surface area contributed by atoms with Crippen LogP contribution in [0, 0.1) is 0 Å². The van der Waals surface area contributed by atoms with Gasteiger partial charge >= 0.3 is 13.5 Å². The van der Waals surface area contributed by atoms with Gasteiger partial charge in [-0.15, -0.1) is 0 Å². The summed E-state index contributed by atoms with van der Waals surface area (Å²) < 4.78 is 26.6. The molecule has 2 atom stereocenters. The molecule has 0 aliphatic carbocycles. The Kier molecular flexibility index (Phi) is 6.78. The molecule has 0 amide bonds. The molecule has 150 valence electrons. The molecule has 0 spiro atoms. The van der Waals surface area contributed by atoms with E-state index in [1.165, 1.54) is 4.67 Å². The summed E-state index contributed by atoms with van der Waals surface area (Å²) in [5, 5.41) is 10.7. The van der Waals surface area contributed by atoms with E-state index in [9.17, 15) is 14.5 Å². The summed E-state index contributed by atoms with van der Waals surface area (Å²) in [7, 11) is -3.45.